The topological polar surface area (TPSA) is 102 Å². The minimum Gasteiger partial charge on any atom is -0.513 e. The quantitative estimate of drug-likeness (QED) is 0.507. The molecule has 0 radical (unpaired) electrons. The number of fused-ring (bicyclic) bond motifs is 2. The Bertz CT molecular complexity index is 973. The molecule has 1 heterocycles. The molecule has 0 unspecified atom stereocenters. The van der Waals surface area contributed by atoms with E-state index in [2.05, 4.69) is 6.58 Å². The Kier molecular flexibility index (Phi) is 3.90. The highest BCUT2D eigenvalue weighted by Gasteiger charge is 2.15. The van der Waals surface area contributed by atoms with Crippen molar-refractivity contribution in [2.45, 2.75) is 19.5 Å². The van der Waals surface area contributed by atoms with Crippen LogP contribution < -0.4 is 16.9 Å². The van der Waals surface area contributed by atoms with Crippen molar-refractivity contribution >= 4 is 21.9 Å². The summed E-state index contributed by atoms with van der Waals surface area (Å²) in [4.78, 5) is 12.8. The van der Waals surface area contributed by atoms with Crippen LogP contribution in [0.15, 0.2) is 51.9 Å². The van der Waals surface area contributed by atoms with E-state index in [0.29, 0.717) is 34.0 Å². The SMILES string of the molecule is C=C(O)Cc1cccc2c(=O)c3ccc(CN)c(CN)c3oc12. The largest absolute Gasteiger partial charge is 0.513 e. The molecule has 0 aliphatic carbocycles. The van der Waals surface area contributed by atoms with Crippen LogP contribution in [0.1, 0.15) is 16.7 Å². The van der Waals surface area contributed by atoms with Crippen LogP contribution in [0.25, 0.3) is 21.9 Å². The lowest BCUT2D eigenvalue weighted by atomic mass is 10.0. The van der Waals surface area contributed by atoms with Crippen molar-refractivity contribution in [3.8, 4) is 0 Å². The summed E-state index contributed by atoms with van der Waals surface area (Å²) < 4.78 is 6.04. The van der Waals surface area contributed by atoms with Gasteiger partial charge in [-0.2, -0.15) is 0 Å². The molecule has 23 heavy (non-hydrogen) atoms. The molecule has 0 amide bonds. The van der Waals surface area contributed by atoms with Gasteiger partial charge in [0.2, 0.25) is 5.43 Å². The molecule has 0 fully saturated rings. The molecule has 118 valence electrons. The fraction of sp³-hybridized carbons (Fsp3) is 0.167. The van der Waals surface area contributed by atoms with Crippen LogP contribution in [0.4, 0.5) is 0 Å². The van der Waals surface area contributed by atoms with E-state index < -0.39 is 0 Å². The Morgan fingerprint density at radius 2 is 1.78 bits per heavy atom. The van der Waals surface area contributed by atoms with Crippen LogP contribution in [0.3, 0.4) is 0 Å². The van der Waals surface area contributed by atoms with Gasteiger partial charge >= 0.3 is 0 Å². The lowest BCUT2D eigenvalue weighted by Crippen LogP contribution is -2.10. The van der Waals surface area contributed by atoms with Gasteiger partial charge in [-0.15, -0.1) is 0 Å². The summed E-state index contributed by atoms with van der Waals surface area (Å²) in [6.45, 7) is 4.05. The van der Waals surface area contributed by atoms with E-state index >= 15 is 0 Å². The van der Waals surface area contributed by atoms with E-state index in [1.165, 1.54) is 0 Å². The predicted octanol–water partition coefficient (Wildman–Crippen LogP) is 2.48. The van der Waals surface area contributed by atoms with Crippen LogP contribution in [-0.4, -0.2) is 5.11 Å². The number of aliphatic hydroxyl groups is 1. The van der Waals surface area contributed by atoms with Gasteiger partial charge in [0.25, 0.3) is 0 Å². The standard InChI is InChI=1S/C18H18N2O3/c1-10(21)7-11-3-2-4-13-16(22)14-6-5-12(8-19)15(9-20)18(14)23-17(11)13/h2-6,21H,1,7-9,19-20H2. The number of para-hydroxylation sites is 1. The zero-order valence-corrected chi connectivity index (χ0v) is 12.6. The number of hydrogen-bond donors (Lipinski definition) is 3. The molecule has 0 aliphatic rings. The first-order chi connectivity index (χ1) is 11.1. The average molecular weight is 310 g/mol. The van der Waals surface area contributed by atoms with Crippen molar-refractivity contribution in [2.24, 2.45) is 11.5 Å². The molecule has 0 aliphatic heterocycles. The van der Waals surface area contributed by atoms with Crippen molar-refractivity contribution in [3.05, 3.63) is 69.6 Å². The Labute approximate surface area is 132 Å². The van der Waals surface area contributed by atoms with E-state index in [1.807, 2.05) is 6.07 Å². The smallest absolute Gasteiger partial charge is 0.200 e. The number of nitrogens with two attached hydrogens (primary N) is 2. The second-order valence-electron chi connectivity index (χ2n) is 5.46. The van der Waals surface area contributed by atoms with Crippen molar-refractivity contribution in [1.29, 1.82) is 0 Å². The first-order valence-electron chi connectivity index (χ1n) is 7.32. The van der Waals surface area contributed by atoms with Crippen molar-refractivity contribution in [3.63, 3.8) is 0 Å². The van der Waals surface area contributed by atoms with Crippen molar-refractivity contribution < 1.29 is 9.52 Å². The van der Waals surface area contributed by atoms with Crippen LogP contribution >= 0.6 is 0 Å². The van der Waals surface area contributed by atoms with Crippen LogP contribution in [0.2, 0.25) is 0 Å². The summed E-state index contributed by atoms with van der Waals surface area (Å²) in [6.07, 6.45) is 0.223. The van der Waals surface area contributed by atoms with E-state index in [-0.39, 0.29) is 24.2 Å². The second kappa shape index (κ2) is 5.87. The fourth-order valence-corrected chi connectivity index (χ4v) is 2.87. The predicted molar refractivity (Wildman–Crippen MR) is 91.2 cm³/mol. The molecular weight excluding hydrogens is 292 g/mol. The maximum atomic E-state index is 12.8. The number of rotatable bonds is 4. The van der Waals surface area contributed by atoms with Crippen molar-refractivity contribution in [1.82, 2.24) is 0 Å². The van der Waals surface area contributed by atoms with Gasteiger partial charge in [-0.3, -0.25) is 4.79 Å². The van der Waals surface area contributed by atoms with Gasteiger partial charge in [0.05, 0.1) is 16.5 Å². The van der Waals surface area contributed by atoms with Gasteiger partial charge in [-0.05, 0) is 17.7 Å². The van der Waals surface area contributed by atoms with E-state index in [4.69, 9.17) is 15.9 Å². The number of aliphatic hydroxyl groups excluding tert-OH is 1. The number of allylic oxidation sites excluding steroid dienone is 1. The summed E-state index contributed by atoms with van der Waals surface area (Å²) >= 11 is 0. The molecule has 5 nitrogen and oxygen atoms in total. The third-order valence-corrected chi connectivity index (χ3v) is 3.97. The Hall–Kier alpha value is -2.63. The molecule has 0 saturated heterocycles. The van der Waals surface area contributed by atoms with Gasteiger partial charge in [0, 0.05) is 30.6 Å². The van der Waals surface area contributed by atoms with E-state index in [1.54, 1.807) is 24.3 Å². The zero-order chi connectivity index (χ0) is 16.6. The van der Waals surface area contributed by atoms with Gasteiger partial charge in [-0.25, -0.2) is 0 Å². The molecule has 5 heteroatoms. The molecule has 3 aromatic rings. The fourth-order valence-electron chi connectivity index (χ4n) is 2.87. The van der Waals surface area contributed by atoms with Crippen LogP contribution in [0.5, 0.6) is 0 Å². The molecule has 0 bridgehead atoms. The average Bonchev–Trinajstić information content (AvgIpc) is 2.54. The lowest BCUT2D eigenvalue weighted by Gasteiger charge is -2.11. The highest BCUT2D eigenvalue weighted by atomic mass is 16.3. The summed E-state index contributed by atoms with van der Waals surface area (Å²) in [5, 5.41) is 10.4. The molecule has 0 saturated carbocycles. The Morgan fingerprint density at radius 1 is 1.04 bits per heavy atom. The molecule has 5 N–H and O–H groups in total. The molecular formula is C18H18N2O3. The first kappa shape index (κ1) is 15.3. The van der Waals surface area contributed by atoms with E-state index in [9.17, 15) is 9.90 Å². The number of benzene rings is 2. The van der Waals surface area contributed by atoms with Crippen molar-refractivity contribution in [2.75, 3.05) is 0 Å². The molecule has 3 rings (SSSR count). The summed E-state index contributed by atoms with van der Waals surface area (Å²) in [6, 6.07) is 8.81. The minimum absolute atomic E-state index is 0.00926. The minimum atomic E-state index is -0.120. The Morgan fingerprint density at radius 3 is 2.43 bits per heavy atom. The molecule has 0 atom stereocenters. The van der Waals surface area contributed by atoms with Gasteiger partial charge in [-0.1, -0.05) is 24.8 Å². The highest BCUT2D eigenvalue weighted by Crippen LogP contribution is 2.27. The highest BCUT2D eigenvalue weighted by molar-refractivity contribution is 5.92. The first-order valence-corrected chi connectivity index (χ1v) is 7.32. The maximum absolute atomic E-state index is 12.8. The van der Waals surface area contributed by atoms with Crippen LogP contribution in [0, 0.1) is 0 Å². The Balaban J connectivity index is 2.46. The monoisotopic (exact) mass is 310 g/mol. The summed E-state index contributed by atoms with van der Waals surface area (Å²) in [7, 11) is 0. The maximum Gasteiger partial charge on any atom is 0.200 e. The zero-order valence-electron chi connectivity index (χ0n) is 12.6. The summed E-state index contributed by atoms with van der Waals surface area (Å²) in [5.74, 6) is 0.00926. The van der Waals surface area contributed by atoms with Crippen LogP contribution in [-0.2, 0) is 19.5 Å². The van der Waals surface area contributed by atoms with Gasteiger partial charge in [0.15, 0.2) is 0 Å². The van der Waals surface area contributed by atoms with Gasteiger partial charge in [0.1, 0.15) is 11.2 Å². The molecule has 0 spiro atoms. The lowest BCUT2D eigenvalue weighted by molar-refractivity contribution is 0.401. The van der Waals surface area contributed by atoms with E-state index in [0.717, 1.165) is 11.1 Å². The molecule has 1 aromatic heterocycles. The van der Waals surface area contributed by atoms with Gasteiger partial charge < -0.3 is 21.0 Å². The summed E-state index contributed by atoms with van der Waals surface area (Å²) in [5.41, 5.74) is 14.7. The second-order valence-corrected chi connectivity index (χ2v) is 5.46. The third kappa shape index (κ3) is 2.50. The normalized spacial score (nSPS) is 11.2. The third-order valence-electron chi connectivity index (χ3n) is 3.97. The number of hydrogen-bond acceptors (Lipinski definition) is 5. The molecule has 2 aromatic carbocycles.